The summed E-state index contributed by atoms with van der Waals surface area (Å²) in [6.45, 7) is 5.33. The molecular formula is C17H16N4O2. The van der Waals surface area contributed by atoms with Crippen LogP contribution in [0.1, 0.15) is 5.69 Å². The highest BCUT2D eigenvalue weighted by molar-refractivity contribution is 6.02. The Morgan fingerprint density at radius 2 is 2.22 bits per heavy atom. The SMILES string of the molecule is C=CC(=O)Nc1c(-c2ccc3c(OC)n[nH]c3c2)ccnc1C. The van der Waals surface area contributed by atoms with E-state index in [1.54, 1.807) is 13.3 Å². The molecule has 3 aromatic rings. The van der Waals surface area contributed by atoms with Gasteiger partial charge in [-0.1, -0.05) is 12.6 Å². The molecule has 23 heavy (non-hydrogen) atoms. The van der Waals surface area contributed by atoms with Crippen LogP contribution in [0.25, 0.3) is 22.0 Å². The molecule has 0 spiro atoms. The van der Waals surface area contributed by atoms with Crippen molar-refractivity contribution in [2.45, 2.75) is 6.92 Å². The fourth-order valence-corrected chi connectivity index (χ4v) is 2.46. The van der Waals surface area contributed by atoms with Crippen molar-refractivity contribution in [1.29, 1.82) is 0 Å². The summed E-state index contributed by atoms with van der Waals surface area (Å²) in [7, 11) is 1.58. The van der Waals surface area contributed by atoms with Crippen LogP contribution in [0, 0.1) is 6.92 Å². The van der Waals surface area contributed by atoms with Gasteiger partial charge in [0.05, 0.1) is 29.4 Å². The molecule has 0 fully saturated rings. The van der Waals surface area contributed by atoms with E-state index in [1.807, 2.05) is 31.2 Å². The Morgan fingerprint density at radius 1 is 1.39 bits per heavy atom. The molecule has 1 amide bonds. The van der Waals surface area contributed by atoms with Crippen molar-refractivity contribution in [3.05, 3.63) is 48.8 Å². The number of nitrogens with one attached hydrogen (secondary N) is 2. The van der Waals surface area contributed by atoms with Crippen molar-refractivity contribution >= 4 is 22.5 Å². The first-order valence-corrected chi connectivity index (χ1v) is 7.05. The van der Waals surface area contributed by atoms with E-state index in [4.69, 9.17) is 4.74 Å². The molecule has 1 aromatic carbocycles. The minimum absolute atomic E-state index is 0.272. The molecule has 3 rings (SSSR count). The predicted octanol–water partition coefficient (Wildman–Crippen LogP) is 3.07. The highest BCUT2D eigenvalue weighted by atomic mass is 16.5. The van der Waals surface area contributed by atoms with E-state index in [2.05, 4.69) is 27.1 Å². The topological polar surface area (TPSA) is 79.9 Å². The second kappa shape index (κ2) is 5.92. The van der Waals surface area contributed by atoms with E-state index in [0.29, 0.717) is 11.6 Å². The molecule has 2 N–H and O–H groups in total. The summed E-state index contributed by atoms with van der Waals surface area (Å²) in [6, 6.07) is 7.71. The van der Waals surface area contributed by atoms with Crippen molar-refractivity contribution < 1.29 is 9.53 Å². The first-order valence-electron chi connectivity index (χ1n) is 7.05. The van der Waals surface area contributed by atoms with Crippen LogP contribution in [0.5, 0.6) is 5.88 Å². The van der Waals surface area contributed by atoms with Gasteiger partial charge in [0.15, 0.2) is 0 Å². The largest absolute Gasteiger partial charge is 0.480 e. The number of amides is 1. The standard InChI is InChI=1S/C17H16N4O2/c1-4-15(22)19-16-10(2)18-8-7-12(16)11-5-6-13-14(9-11)20-21-17(13)23-3/h4-9H,1H2,2-3H3,(H,19,22)(H,20,21). The summed E-state index contributed by atoms with van der Waals surface area (Å²) < 4.78 is 5.20. The van der Waals surface area contributed by atoms with Gasteiger partial charge in [-0.05, 0) is 36.8 Å². The van der Waals surface area contributed by atoms with Crippen LogP contribution in [0.15, 0.2) is 43.1 Å². The van der Waals surface area contributed by atoms with Gasteiger partial charge < -0.3 is 10.1 Å². The summed E-state index contributed by atoms with van der Waals surface area (Å²) >= 11 is 0. The number of aryl methyl sites for hydroxylation is 1. The minimum atomic E-state index is -0.272. The summed E-state index contributed by atoms with van der Waals surface area (Å²) in [5, 5.41) is 10.8. The summed E-state index contributed by atoms with van der Waals surface area (Å²) in [5.74, 6) is 0.282. The number of nitrogens with zero attached hydrogens (tertiary/aromatic N) is 2. The lowest BCUT2D eigenvalue weighted by atomic mass is 10.0. The molecule has 2 heterocycles. The quantitative estimate of drug-likeness (QED) is 0.726. The van der Waals surface area contributed by atoms with Gasteiger partial charge in [0, 0.05) is 11.8 Å². The second-order valence-corrected chi connectivity index (χ2v) is 5.01. The maximum absolute atomic E-state index is 11.7. The van der Waals surface area contributed by atoms with Crippen LogP contribution in [0.3, 0.4) is 0 Å². The van der Waals surface area contributed by atoms with Crippen LogP contribution < -0.4 is 10.1 Å². The van der Waals surface area contributed by atoms with Crippen molar-refractivity contribution in [3.63, 3.8) is 0 Å². The number of fused-ring (bicyclic) bond motifs is 1. The third-order valence-electron chi connectivity index (χ3n) is 3.61. The maximum Gasteiger partial charge on any atom is 0.247 e. The number of aromatic nitrogens is 3. The number of anilines is 1. The number of hydrogen-bond acceptors (Lipinski definition) is 4. The molecular weight excluding hydrogens is 292 g/mol. The highest BCUT2D eigenvalue weighted by Gasteiger charge is 2.13. The van der Waals surface area contributed by atoms with Crippen LogP contribution in [0.2, 0.25) is 0 Å². The number of carbonyl (C=O) groups excluding carboxylic acids is 1. The van der Waals surface area contributed by atoms with Crippen molar-refractivity contribution in [3.8, 4) is 17.0 Å². The van der Waals surface area contributed by atoms with Gasteiger partial charge in [-0.25, -0.2) is 0 Å². The molecule has 0 bridgehead atoms. The number of carbonyl (C=O) groups is 1. The Balaban J connectivity index is 2.12. The third-order valence-corrected chi connectivity index (χ3v) is 3.61. The average molecular weight is 308 g/mol. The van der Waals surface area contributed by atoms with Gasteiger partial charge in [-0.2, -0.15) is 0 Å². The van der Waals surface area contributed by atoms with Gasteiger partial charge >= 0.3 is 0 Å². The zero-order chi connectivity index (χ0) is 16.4. The molecule has 0 unspecified atom stereocenters. The zero-order valence-electron chi connectivity index (χ0n) is 12.9. The van der Waals surface area contributed by atoms with Crippen LogP contribution in [0.4, 0.5) is 5.69 Å². The number of aromatic amines is 1. The Morgan fingerprint density at radius 3 is 2.96 bits per heavy atom. The van der Waals surface area contributed by atoms with Crippen molar-refractivity contribution in [2.75, 3.05) is 12.4 Å². The molecule has 0 saturated carbocycles. The van der Waals surface area contributed by atoms with Crippen LogP contribution >= 0.6 is 0 Å². The Labute approximate surface area is 133 Å². The van der Waals surface area contributed by atoms with Crippen LogP contribution in [-0.4, -0.2) is 28.2 Å². The van der Waals surface area contributed by atoms with E-state index < -0.39 is 0 Å². The molecule has 6 nitrogen and oxygen atoms in total. The fraction of sp³-hybridized carbons (Fsp3) is 0.118. The Hall–Kier alpha value is -3.15. The average Bonchev–Trinajstić information content (AvgIpc) is 2.98. The lowest BCUT2D eigenvalue weighted by molar-refractivity contribution is -0.111. The molecule has 0 aliphatic carbocycles. The van der Waals surface area contributed by atoms with Gasteiger partial charge in [-0.3, -0.25) is 14.9 Å². The van der Waals surface area contributed by atoms with Gasteiger partial charge in [0.1, 0.15) is 0 Å². The van der Waals surface area contributed by atoms with E-state index in [0.717, 1.165) is 27.7 Å². The molecule has 2 aromatic heterocycles. The van der Waals surface area contributed by atoms with Crippen molar-refractivity contribution in [2.24, 2.45) is 0 Å². The first-order chi connectivity index (χ1) is 11.1. The van der Waals surface area contributed by atoms with E-state index in [1.165, 1.54) is 6.08 Å². The van der Waals surface area contributed by atoms with E-state index in [9.17, 15) is 4.79 Å². The fourth-order valence-electron chi connectivity index (χ4n) is 2.46. The van der Waals surface area contributed by atoms with Gasteiger partial charge in [-0.15, -0.1) is 5.10 Å². The number of methoxy groups -OCH3 is 1. The monoisotopic (exact) mass is 308 g/mol. The van der Waals surface area contributed by atoms with Crippen molar-refractivity contribution in [1.82, 2.24) is 15.2 Å². The lowest BCUT2D eigenvalue weighted by Crippen LogP contribution is -2.10. The molecule has 0 aliphatic rings. The molecule has 0 aliphatic heterocycles. The molecule has 0 saturated heterocycles. The first kappa shape index (κ1) is 14.8. The number of H-pyrrole nitrogens is 1. The summed E-state index contributed by atoms with van der Waals surface area (Å²) in [6.07, 6.45) is 2.95. The number of rotatable bonds is 4. The smallest absolute Gasteiger partial charge is 0.247 e. The van der Waals surface area contributed by atoms with E-state index >= 15 is 0 Å². The second-order valence-electron chi connectivity index (χ2n) is 5.01. The lowest BCUT2D eigenvalue weighted by Gasteiger charge is -2.12. The van der Waals surface area contributed by atoms with E-state index in [-0.39, 0.29) is 5.91 Å². The number of hydrogen-bond donors (Lipinski definition) is 2. The predicted molar refractivity (Wildman–Crippen MR) is 89.4 cm³/mol. The summed E-state index contributed by atoms with van der Waals surface area (Å²) in [5.41, 5.74) is 4.08. The third kappa shape index (κ3) is 2.66. The zero-order valence-corrected chi connectivity index (χ0v) is 12.9. The number of pyridine rings is 1. The maximum atomic E-state index is 11.7. The van der Waals surface area contributed by atoms with Crippen LogP contribution in [-0.2, 0) is 4.79 Å². The normalized spacial score (nSPS) is 10.5. The van der Waals surface area contributed by atoms with Gasteiger partial charge in [0.2, 0.25) is 11.8 Å². The minimum Gasteiger partial charge on any atom is -0.480 e. The highest BCUT2D eigenvalue weighted by Crippen LogP contribution is 2.33. The number of benzene rings is 1. The Kier molecular flexibility index (Phi) is 3.80. The molecule has 0 radical (unpaired) electrons. The molecule has 116 valence electrons. The molecule has 6 heteroatoms. The number of ether oxygens (including phenoxy) is 1. The van der Waals surface area contributed by atoms with Gasteiger partial charge in [0.25, 0.3) is 0 Å². The summed E-state index contributed by atoms with van der Waals surface area (Å²) in [4.78, 5) is 15.9. The Bertz CT molecular complexity index is 899. The molecule has 0 atom stereocenters.